The molecule has 0 spiro atoms. The van der Waals surface area contributed by atoms with Crippen LogP contribution in [0.15, 0.2) is 30.3 Å². The molecule has 0 unspecified atom stereocenters. The number of rotatable bonds is 6. The first-order chi connectivity index (χ1) is 10.4. The highest BCUT2D eigenvalue weighted by Gasteiger charge is 2.21. The van der Waals surface area contributed by atoms with Crippen LogP contribution in [0.4, 0.5) is 0 Å². The second-order valence-corrected chi connectivity index (χ2v) is 8.10. The molecule has 1 aromatic carbocycles. The van der Waals surface area contributed by atoms with Crippen molar-refractivity contribution in [3.63, 3.8) is 0 Å². The van der Waals surface area contributed by atoms with Gasteiger partial charge in [-0.2, -0.15) is 0 Å². The van der Waals surface area contributed by atoms with Crippen molar-refractivity contribution in [1.29, 1.82) is 0 Å². The fourth-order valence-corrected chi connectivity index (χ4v) is 3.13. The van der Waals surface area contributed by atoms with Crippen molar-refractivity contribution in [2.45, 2.75) is 12.8 Å². The van der Waals surface area contributed by atoms with Gasteiger partial charge < -0.3 is 4.90 Å². The zero-order valence-electron chi connectivity index (χ0n) is 13.1. The normalized spacial score (nSPS) is 16.7. The largest absolute Gasteiger partial charge is 0.340 e. The Hall–Kier alpha value is -1.40. The minimum Gasteiger partial charge on any atom is -0.340 e. The number of sulfone groups is 1. The van der Waals surface area contributed by atoms with Gasteiger partial charge in [0.15, 0.2) is 0 Å². The minimum atomic E-state index is -3.07. The molecule has 1 aliphatic heterocycles. The van der Waals surface area contributed by atoms with Crippen molar-refractivity contribution < 1.29 is 13.2 Å². The van der Waals surface area contributed by atoms with Crippen LogP contribution in [0.2, 0.25) is 0 Å². The van der Waals surface area contributed by atoms with Gasteiger partial charge in [0, 0.05) is 45.4 Å². The first-order valence-electron chi connectivity index (χ1n) is 7.66. The molecule has 1 fully saturated rings. The lowest BCUT2D eigenvalue weighted by Gasteiger charge is -2.34. The predicted molar refractivity (Wildman–Crippen MR) is 87.5 cm³/mol. The molecule has 0 radical (unpaired) electrons. The maximum Gasteiger partial charge on any atom is 0.223 e. The number of benzene rings is 1. The fourth-order valence-electron chi connectivity index (χ4n) is 2.58. The van der Waals surface area contributed by atoms with Crippen LogP contribution in [0, 0.1) is 0 Å². The Morgan fingerprint density at radius 1 is 1.09 bits per heavy atom. The smallest absolute Gasteiger partial charge is 0.223 e. The Balaban J connectivity index is 1.70. The first-order valence-corrected chi connectivity index (χ1v) is 9.72. The summed E-state index contributed by atoms with van der Waals surface area (Å²) in [5.41, 5.74) is 1.33. The molecule has 122 valence electrons. The van der Waals surface area contributed by atoms with Crippen LogP contribution in [0.3, 0.4) is 0 Å². The van der Waals surface area contributed by atoms with Gasteiger partial charge in [0.1, 0.15) is 9.84 Å². The number of hydrogen-bond donors (Lipinski definition) is 0. The van der Waals surface area contributed by atoms with E-state index in [1.807, 2.05) is 18.2 Å². The fraction of sp³-hybridized carbons (Fsp3) is 0.562. The maximum atomic E-state index is 12.0. The average Bonchev–Trinajstić information content (AvgIpc) is 2.51. The molecule has 1 amide bonds. The lowest BCUT2D eigenvalue weighted by atomic mass is 10.1. The van der Waals surface area contributed by atoms with E-state index in [0.29, 0.717) is 13.1 Å². The maximum absolute atomic E-state index is 12.0. The van der Waals surface area contributed by atoms with Gasteiger partial charge in [0.25, 0.3) is 0 Å². The van der Waals surface area contributed by atoms with Crippen molar-refractivity contribution in [2.75, 3.05) is 44.7 Å². The van der Waals surface area contributed by atoms with Crippen molar-refractivity contribution >= 4 is 15.7 Å². The zero-order chi connectivity index (χ0) is 16.0. The molecular formula is C16H24N2O3S. The molecule has 0 aliphatic carbocycles. The SMILES string of the molecule is CS(=O)(=O)CCC(=O)N1CCN(CCc2ccccc2)CC1. The molecular weight excluding hydrogens is 300 g/mol. The van der Waals surface area contributed by atoms with Gasteiger partial charge in [0.2, 0.25) is 5.91 Å². The van der Waals surface area contributed by atoms with E-state index in [-0.39, 0.29) is 18.1 Å². The molecule has 1 heterocycles. The molecule has 22 heavy (non-hydrogen) atoms. The highest BCUT2D eigenvalue weighted by molar-refractivity contribution is 7.90. The predicted octanol–water partition coefficient (Wildman–Crippen LogP) is 0.808. The molecule has 0 saturated carbocycles. The summed E-state index contributed by atoms with van der Waals surface area (Å²) < 4.78 is 22.2. The van der Waals surface area contributed by atoms with Gasteiger partial charge in [-0.15, -0.1) is 0 Å². The molecule has 0 aromatic heterocycles. The standard InChI is InChI=1S/C16H24N2O3S/c1-22(20,21)14-8-16(19)18-12-10-17(11-13-18)9-7-15-5-3-2-4-6-15/h2-6H,7-14H2,1H3. The van der Waals surface area contributed by atoms with Crippen molar-refractivity contribution in [3.8, 4) is 0 Å². The summed E-state index contributed by atoms with van der Waals surface area (Å²) in [7, 11) is -3.07. The van der Waals surface area contributed by atoms with Gasteiger partial charge in [-0.3, -0.25) is 9.69 Å². The lowest BCUT2D eigenvalue weighted by molar-refractivity contribution is -0.132. The second-order valence-electron chi connectivity index (χ2n) is 5.84. The molecule has 0 bridgehead atoms. The van der Waals surface area contributed by atoms with Crippen LogP contribution in [-0.4, -0.2) is 68.9 Å². The second kappa shape index (κ2) is 7.74. The molecule has 1 aliphatic rings. The Kier molecular flexibility index (Phi) is 5.97. The van der Waals surface area contributed by atoms with Gasteiger partial charge in [-0.25, -0.2) is 8.42 Å². The van der Waals surface area contributed by atoms with Crippen LogP contribution < -0.4 is 0 Å². The molecule has 0 atom stereocenters. The molecule has 6 heteroatoms. The van der Waals surface area contributed by atoms with E-state index in [2.05, 4.69) is 17.0 Å². The van der Waals surface area contributed by atoms with Gasteiger partial charge in [-0.1, -0.05) is 30.3 Å². The van der Waals surface area contributed by atoms with Crippen LogP contribution in [0.25, 0.3) is 0 Å². The van der Waals surface area contributed by atoms with Crippen LogP contribution in [-0.2, 0) is 21.1 Å². The lowest BCUT2D eigenvalue weighted by Crippen LogP contribution is -2.49. The van der Waals surface area contributed by atoms with Gasteiger partial charge in [-0.05, 0) is 12.0 Å². The molecule has 5 nitrogen and oxygen atoms in total. The third-order valence-corrected chi connectivity index (χ3v) is 4.92. The number of hydrogen-bond acceptors (Lipinski definition) is 4. The quantitative estimate of drug-likeness (QED) is 0.777. The minimum absolute atomic E-state index is 0.0480. The van der Waals surface area contributed by atoms with Gasteiger partial charge in [0.05, 0.1) is 5.75 Å². The van der Waals surface area contributed by atoms with E-state index in [4.69, 9.17) is 0 Å². The van der Waals surface area contributed by atoms with Crippen LogP contribution in [0.5, 0.6) is 0 Å². The Labute approximate surface area is 132 Å². The summed E-state index contributed by atoms with van der Waals surface area (Å²) in [6.45, 7) is 4.10. The molecule has 2 rings (SSSR count). The Morgan fingerprint density at radius 3 is 2.32 bits per heavy atom. The zero-order valence-corrected chi connectivity index (χ0v) is 13.9. The van der Waals surface area contributed by atoms with E-state index in [0.717, 1.165) is 26.1 Å². The van der Waals surface area contributed by atoms with E-state index in [1.165, 1.54) is 11.8 Å². The highest BCUT2D eigenvalue weighted by atomic mass is 32.2. The molecule has 0 N–H and O–H groups in total. The van der Waals surface area contributed by atoms with Gasteiger partial charge >= 0.3 is 0 Å². The summed E-state index contributed by atoms with van der Waals surface area (Å²) in [5, 5.41) is 0. The number of piperazine rings is 1. The average molecular weight is 324 g/mol. The number of nitrogens with zero attached hydrogens (tertiary/aromatic N) is 2. The third-order valence-electron chi connectivity index (χ3n) is 3.97. The van der Waals surface area contributed by atoms with E-state index in [9.17, 15) is 13.2 Å². The van der Waals surface area contributed by atoms with E-state index in [1.54, 1.807) is 4.90 Å². The summed E-state index contributed by atoms with van der Waals surface area (Å²) in [5.74, 6) is -0.104. The van der Waals surface area contributed by atoms with Crippen LogP contribution in [0.1, 0.15) is 12.0 Å². The van der Waals surface area contributed by atoms with Crippen LogP contribution >= 0.6 is 0 Å². The summed E-state index contributed by atoms with van der Waals surface area (Å²) in [6, 6.07) is 10.4. The van der Waals surface area contributed by atoms with Crippen molar-refractivity contribution in [3.05, 3.63) is 35.9 Å². The van der Waals surface area contributed by atoms with E-state index < -0.39 is 9.84 Å². The Morgan fingerprint density at radius 2 is 1.73 bits per heavy atom. The van der Waals surface area contributed by atoms with Crippen molar-refractivity contribution in [1.82, 2.24) is 9.80 Å². The third kappa shape index (κ3) is 5.77. The number of carbonyl (C=O) groups excluding carboxylic acids is 1. The summed E-state index contributed by atoms with van der Waals surface area (Å²) in [6.07, 6.45) is 2.29. The number of amides is 1. The Bertz CT molecular complexity index is 579. The van der Waals surface area contributed by atoms with E-state index >= 15 is 0 Å². The molecule has 1 saturated heterocycles. The van der Waals surface area contributed by atoms with Crippen molar-refractivity contribution in [2.24, 2.45) is 0 Å². The first kappa shape index (κ1) is 17.0. The summed E-state index contributed by atoms with van der Waals surface area (Å²) in [4.78, 5) is 16.1. The summed E-state index contributed by atoms with van der Waals surface area (Å²) >= 11 is 0. The highest BCUT2D eigenvalue weighted by Crippen LogP contribution is 2.07. The monoisotopic (exact) mass is 324 g/mol. The molecule has 1 aromatic rings. The topological polar surface area (TPSA) is 57.7 Å². The number of carbonyl (C=O) groups is 1.